The van der Waals surface area contributed by atoms with Crippen LogP contribution in [0.4, 0.5) is 14.5 Å². The number of amides is 1. The lowest BCUT2D eigenvalue weighted by molar-refractivity contribution is -0.131. The zero-order valence-electron chi connectivity index (χ0n) is 23.0. The van der Waals surface area contributed by atoms with Gasteiger partial charge in [-0.25, -0.2) is 8.78 Å². The second-order valence-corrected chi connectivity index (χ2v) is 20.8. The summed E-state index contributed by atoms with van der Waals surface area (Å²) in [5, 5.41) is 0. The van der Waals surface area contributed by atoms with Crippen molar-refractivity contribution in [3.05, 3.63) is 95.6 Å². The molecule has 3 atom stereocenters. The van der Waals surface area contributed by atoms with Gasteiger partial charge < -0.3 is 13.8 Å². The molecule has 0 N–H and O–H groups in total. The summed E-state index contributed by atoms with van der Waals surface area (Å²) in [6, 6.07) is 20.3. The molecule has 1 heterocycles. The molecular formula is C30H37F2NO3Si2. The highest BCUT2D eigenvalue weighted by molar-refractivity contribution is 6.70. The van der Waals surface area contributed by atoms with Crippen molar-refractivity contribution in [2.45, 2.75) is 64.3 Å². The fourth-order valence-corrected chi connectivity index (χ4v) is 6.87. The van der Waals surface area contributed by atoms with Crippen LogP contribution in [-0.4, -0.2) is 22.5 Å². The first-order valence-corrected chi connectivity index (χ1v) is 19.9. The predicted molar refractivity (Wildman–Crippen MR) is 153 cm³/mol. The summed E-state index contributed by atoms with van der Waals surface area (Å²) in [5.41, 5.74) is 2.60. The lowest BCUT2D eigenvalue weighted by Gasteiger charge is -2.48. The van der Waals surface area contributed by atoms with Gasteiger partial charge in [0.25, 0.3) is 0 Å². The second kappa shape index (κ2) is 11.1. The summed E-state index contributed by atoms with van der Waals surface area (Å²) in [6.07, 6.45) is 1.03. The van der Waals surface area contributed by atoms with Crippen LogP contribution < -0.4 is 9.33 Å². The van der Waals surface area contributed by atoms with Crippen LogP contribution in [-0.2, 0) is 9.22 Å². The molecule has 0 aromatic heterocycles. The number of hydrogen-bond acceptors (Lipinski definition) is 3. The zero-order chi connectivity index (χ0) is 27.7. The molecule has 0 aliphatic carbocycles. The molecule has 0 radical (unpaired) electrons. The summed E-state index contributed by atoms with van der Waals surface area (Å²) < 4.78 is 39.8. The van der Waals surface area contributed by atoms with Crippen LogP contribution in [0.5, 0.6) is 5.75 Å². The van der Waals surface area contributed by atoms with Gasteiger partial charge in [0.1, 0.15) is 17.4 Å². The Morgan fingerprint density at radius 1 is 0.789 bits per heavy atom. The average molecular weight is 554 g/mol. The highest BCUT2D eigenvalue weighted by atomic mass is 28.4. The number of nitrogens with zero attached hydrogens (tertiary/aromatic N) is 1. The monoisotopic (exact) mass is 553 g/mol. The van der Waals surface area contributed by atoms with Gasteiger partial charge in [-0.1, -0.05) is 24.3 Å². The topological polar surface area (TPSA) is 38.8 Å². The van der Waals surface area contributed by atoms with Crippen LogP contribution in [0.2, 0.25) is 39.3 Å². The quantitative estimate of drug-likeness (QED) is 0.187. The number of carbonyl (C=O) groups is 1. The maximum Gasteiger partial charge on any atom is 0.242 e. The molecule has 4 rings (SSSR count). The van der Waals surface area contributed by atoms with E-state index in [2.05, 4.69) is 39.3 Å². The van der Waals surface area contributed by atoms with Crippen molar-refractivity contribution in [1.29, 1.82) is 0 Å². The summed E-state index contributed by atoms with van der Waals surface area (Å²) in [6.45, 7) is 12.8. The molecule has 0 unspecified atom stereocenters. The van der Waals surface area contributed by atoms with Gasteiger partial charge >= 0.3 is 0 Å². The van der Waals surface area contributed by atoms with Crippen molar-refractivity contribution >= 4 is 28.2 Å². The van der Waals surface area contributed by atoms with Crippen molar-refractivity contribution in [2.24, 2.45) is 5.92 Å². The summed E-state index contributed by atoms with van der Waals surface area (Å²) >= 11 is 0. The van der Waals surface area contributed by atoms with Gasteiger partial charge in [0.05, 0.1) is 18.1 Å². The number of halogens is 2. The number of β-lactam (4-membered cyclic amide) rings is 1. The van der Waals surface area contributed by atoms with E-state index in [1.807, 2.05) is 24.3 Å². The molecule has 0 bridgehead atoms. The number of carbonyl (C=O) groups excluding carboxylic acids is 1. The third kappa shape index (κ3) is 6.98. The maximum atomic E-state index is 13.6. The van der Waals surface area contributed by atoms with Crippen LogP contribution in [0.3, 0.4) is 0 Å². The van der Waals surface area contributed by atoms with E-state index in [4.69, 9.17) is 8.85 Å². The largest absolute Gasteiger partial charge is 0.544 e. The van der Waals surface area contributed by atoms with Crippen molar-refractivity contribution < 1.29 is 22.4 Å². The number of benzene rings is 3. The third-order valence-electron chi connectivity index (χ3n) is 6.44. The van der Waals surface area contributed by atoms with Gasteiger partial charge in [-0.15, -0.1) is 0 Å². The Labute approximate surface area is 226 Å². The first-order valence-electron chi connectivity index (χ1n) is 13.1. The lowest BCUT2D eigenvalue weighted by atomic mass is 9.78. The van der Waals surface area contributed by atoms with E-state index in [0.717, 1.165) is 16.9 Å². The Bertz CT molecular complexity index is 1240. The SMILES string of the molecule is C[Si](C)(C)Oc1ccc([C@@H]2[C@@H](CC[C@H](O[Si](C)(C)C)c3ccc(F)cc3)C(=O)N2c2ccc(F)cc2)cc1. The Morgan fingerprint density at radius 3 is 1.87 bits per heavy atom. The normalized spacial score (nSPS) is 18.7. The van der Waals surface area contributed by atoms with Crippen molar-refractivity contribution in [2.75, 3.05) is 4.90 Å². The molecule has 0 saturated carbocycles. The lowest BCUT2D eigenvalue weighted by Crippen LogP contribution is -2.55. The molecule has 3 aromatic rings. The molecule has 4 nitrogen and oxygen atoms in total. The molecule has 0 spiro atoms. The number of rotatable bonds is 10. The highest BCUT2D eigenvalue weighted by Gasteiger charge is 2.48. The molecule has 1 aliphatic heterocycles. The Morgan fingerprint density at radius 2 is 1.34 bits per heavy atom. The van der Waals surface area contributed by atoms with Gasteiger partial charge in [-0.05, 0) is 112 Å². The van der Waals surface area contributed by atoms with Gasteiger partial charge in [-0.3, -0.25) is 4.79 Å². The van der Waals surface area contributed by atoms with E-state index in [0.29, 0.717) is 18.5 Å². The minimum Gasteiger partial charge on any atom is -0.544 e. The molecule has 38 heavy (non-hydrogen) atoms. The molecule has 3 aromatic carbocycles. The summed E-state index contributed by atoms with van der Waals surface area (Å²) in [4.78, 5) is 15.3. The maximum absolute atomic E-state index is 13.6. The average Bonchev–Trinajstić information content (AvgIpc) is 2.82. The van der Waals surface area contributed by atoms with E-state index in [1.54, 1.807) is 29.2 Å². The smallest absolute Gasteiger partial charge is 0.242 e. The molecular weight excluding hydrogens is 517 g/mol. The van der Waals surface area contributed by atoms with Gasteiger partial charge in [0, 0.05) is 5.69 Å². The Kier molecular flexibility index (Phi) is 8.25. The van der Waals surface area contributed by atoms with Gasteiger partial charge in [-0.2, -0.15) is 0 Å². The molecule has 1 aliphatic rings. The summed E-state index contributed by atoms with van der Waals surface area (Å²) in [5.74, 6) is -0.0465. The van der Waals surface area contributed by atoms with E-state index >= 15 is 0 Å². The summed E-state index contributed by atoms with van der Waals surface area (Å²) in [7, 11) is -3.66. The third-order valence-corrected chi connectivity index (χ3v) is 8.28. The van der Waals surface area contributed by atoms with E-state index < -0.39 is 16.6 Å². The number of hydrogen-bond donors (Lipinski definition) is 0. The molecule has 1 amide bonds. The molecule has 202 valence electrons. The standard InChI is InChI=1S/C30H37F2NO3Si2/c1-37(2,3)35-26-17-9-22(10-18-26)29-27(30(34)33(29)25-15-13-24(32)14-16-25)19-20-28(36-38(4,5)6)21-7-11-23(31)12-8-21/h7-18,27-29H,19-20H2,1-6H3/t27-,28+,29-/m1/s1. The molecule has 1 saturated heterocycles. The van der Waals surface area contributed by atoms with Crippen molar-refractivity contribution in [3.8, 4) is 5.75 Å². The fraction of sp³-hybridized carbons (Fsp3) is 0.367. The number of anilines is 1. The minimum absolute atomic E-state index is 0.00916. The second-order valence-electron chi connectivity index (χ2n) is 11.9. The van der Waals surface area contributed by atoms with Crippen molar-refractivity contribution in [3.63, 3.8) is 0 Å². The van der Waals surface area contributed by atoms with Crippen LogP contribution in [0, 0.1) is 17.6 Å². The Balaban J connectivity index is 1.60. The molecule has 8 heteroatoms. The van der Waals surface area contributed by atoms with Crippen LogP contribution in [0.1, 0.15) is 36.1 Å². The highest BCUT2D eigenvalue weighted by Crippen LogP contribution is 2.47. The van der Waals surface area contributed by atoms with E-state index in [-0.39, 0.29) is 35.6 Å². The zero-order valence-corrected chi connectivity index (χ0v) is 25.0. The van der Waals surface area contributed by atoms with Crippen LogP contribution in [0.25, 0.3) is 0 Å². The Hall–Kier alpha value is -2.82. The first kappa shape index (κ1) is 28.2. The van der Waals surface area contributed by atoms with Gasteiger partial charge in [0.15, 0.2) is 8.32 Å². The van der Waals surface area contributed by atoms with E-state index in [1.165, 1.54) is 24.3 Å². The first-order chi connectivity index (χ1) is 17.8. The van der Waals surface area contributed by atoms with Crippen LogP contribution >= 0.6 is 0 Å². The predicted octanol–water partition coefficient (Wildman–Crippen LogP) is 8.26. The minimum atomic E-state index is -1.91. The van der Waals surface area contributed by atoms with Crippen LogP contribution in [0.15, 0.2) is 72.8 Å². The van der Waals surface area contributed by atoms with Gasteiger partial charge in [0.2, 0.25) is 14.2 Å². The van der Waals surface area contributed by atoms with Crippen molar-refractivity contribution in [1.82, 2.24) is 0 Å². The molecule has 1 fully saturated rings. The van der Waals surface area contributed by atoms with E-state index in [9.17, 15) is 13.6 Å². The fourth-order valence-electron chi connectivity index (χ4n) is 4.92.